The Morgan fingerprint density at radius 2 is 1.97 bits per heavy atom. The van der Waals surface area contributed by atoms with Gasteiger partial charge in [0, 0.05) is 12.1 Å². The van der Waals surface area contributed by atoms with Gasteiger partial charge in [-0.05, 0) is 36.8 Å². The van der Waals surface area contributed by atoms with Crippen molar-refractivity contribution in [3.05, 3.63) is 72.1 Å². The molecule has 0 saturated carbocycles. The Kier molecular flexibility index (Phi) is 7.16. The predicted octanol–water partition coefficient (Wildman–Crippen LogP) is 4.20. The van der Waals surface area contributed by atoms with Gasteiger partial charge in [0.15, 0.2) is 5.96 Å². The van der Waals surface area contributed by atoms with E-state index in [0.29, 0.717) is 31.5 Å². The number of guanidine groups is 1. The minimum Gasteiger partial charge on any atom is -0.444 e. The van der Waals surface area contributed by atoms with Gasteiger partial charge in [-0.3, -0.25) is 0 Å². The molecule has 2 aromatic carbocycles. The molecule has 0 fully saturated rings. The second-order valence-electron chi connectivity index (χ2n) is 6.08. The zero-order valence-electron chi connectivity index (χ0n) is 15.9. The number of alkyl halides is 2. The van der Waals surface area contributed by atoms with Gasteiger partial charge in [0.2, 0.25) is 5.89 Å². The Bertz CT molecular complexity index is 929. The quantitative estimate of drug-likeness (QED) is 0.438. The van der Waals surface area contributed by atoms with E-state index in [4.69, 9.17) is 4.42 Å². The van der Waals surface area contributed by atoms with Crippen LogP contribution < -0.4 is 15.4 Å². The number of hydrogen-bond acceptors (Lipinski definition) is 4. The number of ether oxygens (including phenoxy) is 1. The zero-order chi connectivity index (χ0) is 20.5. The molecule has 0 amide bonds. The summed E-state index contributed by atoms with van der Waals surface area (Å²) in [7, 11) is 0. The standard InChI is InChI=1S/C21H22F2N4O2/c1-2-24-21(25-12-15-7-6-10-18(11-15)29-20(22)23)26-13-17-14-28-19(27-17)16-8-4-3-5-9-16/h3-11,14,20H,2,12-13H2,1H3,(H2,24,25,26). The molecule has 0 aliphatic rings. The van der Waals surface area contributed by atoms with E-state index in [9.17, 15) is 8.78 Å². The van der Waals surface area contributed by atoms with E-state index in [1.165, 1.54) is 6.07 Å². The first-order chi connectivity index (χ1) is 14.1. The van der Waals surface area contributed by atoms with Crippen molar-refractivity contribution in [3.8, 4) is 17.2 Å². The largest absolute Gasteiger partial charge is 0.444 e. The highest BCUT2D eigenvalue weighted by Crippen LogP contribution is 2.18. The van der Waals surface area contributed by atoms with E-state index in [2.05, 4.69) is 25.3 Å². The lowest BCUT2D eigenvalue weighted by molar-refractivity contribution is -0.0498. The summed E-state index contributed by atoms with van der Waals surface area (Å²) in [6, 6.07) is 16.1. The first-order valence-corrected chi connectivity index (χ1v) is 9.20. The van der Waals surface area contributed by atoms with E-state index < -0.39 is 6.61 Å². The summed E-state index contributed by atoms with van der Waals surface area (Å²) in [5.41, 5.74) is 2.40. The number of aromatic nitrogens is 1. The average molecular weight is 400 g/mol. The number of oxazole rings is 1. The fourth-order valence-corrected chi connectivity index (χ4v) is 2.61. The van der Waals surface area contributed by atoms with Crippen molar-refractivity contribution >= 4 is 5.96 Å². The third kappa shape index (κ3) is 6.31. The molecule has 0 spiro atoms. The van der Waals surface area contributed by atoms with Gasteiger partial charge >= 0.3 is 6.61 Å². The molecule has 0 aliphatic heterocycles. The molecule has 3 aromatic rings. The molecule has 0 saturated heterocycles. The van der Waals surface area contributed by atoms with E-state index in [-0.39, 0.29) is 5.75 Å². The normalized spacial score (nSPS) is 11.5. The van der Waals surface area contributed by atoms with Crippen molar-refractivity contribution < 1.29 is 17.9 Å². The number of hydrogen-bond donors (Lipinski definition) is 2. The Hall–Kier alpha value is -3.42. The monoisotopic (exact) mass is 400 g/mol. The highest BCUT2D eigenvalue weighted by atomic mass is 19.3. The Balaban J connectivity index is 1.61. The molecule has 0 aliphatic carbocycles. The van der Waals surface area contributed by atoms with Crippen molar-refractivity contribution in [2.75, 3.05) is 6.54 Å². The van der Waals surface area contributed by atoms with Crippen LogP contribution in [0.4, 0.5) is 8.78 Å². The molecular weight excluding hydrogens is 378 g/mol. The number of benzene rings is 2. The predicted molar refractivity (Wildman–Crippen MR) is 107 cm³/mol. The molecule has 1 heterocycles. The van der Waals surface area contributed by atoms with Crippen LogP contribution in [0.3, 0.4) is 0 Å². The lowest BCUT2D eigenvalue weighted by Crippen LogP contribution is -2.36. The molecule has 6 nitrogen and oxygen atoms in total. The Morgan fingerprint density at radius 1 is 1.14 bits per heavy atom. The fraction of sp³-hybridized carbons (Fsp3) is 0.238. The van der Waals surface area contributed by atoms with Crippen LogP contribution in [0.1, 0.15) is 18.2 Å². The zero-order valence-corrected chi connectivity index (χ0v) is 15.9. The lowest BCUT2D eigenvalue weighted by atomic mass is 10.2. The van der Waals surface area contributed by atoms with E-state index in [1.54, 1.807) is 24.5 Å². The highest BCUT2D eigenvalue weighted by Gasteiger charge is 2.08. The second-order valence-corrected chi connectivity index (χ2v) is 6.08. The summed E-state index contributed by atoms with van der Waals surface area (Å²) in [6.45, 7) is 0.517. The van der Waals surface area contributed by atoms with Crippen molar-refractivity contribution in [1.82, 2.24) is 15.6 Å². The molecule has 29 heavy (non-hydrogen) atoms. The Labute approximate surface area is 167 Å². The SMILES string of the molecule is CCNC(=NCc1cccc(OC(F)F)c1)NCc1coc(-c2ccccc2)n1. The van der Waals surface area contributed by atoms with Crippen LogP contribution in [-0.4, -0.2) is 24.1 Å². The van der Waals surface area contributed by atoms with Crippen molar-refractivity contribution in [3.63, 3.8) is 0 Å². The summed E-state index contributed by atoms with van der Waals surface area (Å²) >= 11 is 0. The van der Waals surface area contributed by atoms with E-state index in [1.807, 2.05) is 37.3 Å². The summed E-state index contributed by atoms with van der Waals surface area (Å²) < 4.78 is 34.7. The van der Waals surface area contributed by atoms with Gasteiger partial charge in [-0.25, -0.2) is 9.98 Å². The van der Waals surface area contributed by atoms with Crippen LogP contribution in [0, 0.1) is 0 Å². The third-order valence-corrected chi connectivity index (χ3v) is 3.90. The molecule has 3 rings (SSSR count). The van der Waals surface area contributed by atoms with Crippen LogP contribution in [0.25, 0.3) is 11.5 Å². The number of nitrogens with zero attached hydrogens (tertiary/aromatic N) is 2. The highest BCUT2D eigenvalue weighted by molar-refractivity contribution is 5.79. The molecule has 0 unspecified atom stereocenters. The number of aliphatic imine (C=N–C) groups is 1. The number of rotatable bonds is 8. The van der Waals surface area contributed by atoms with Crippen LogP contribution >= 0.6 is 0 Å². The van der Waals surface area contributed by atoms with Gasteiger partial charge in [-0.1, -0.05) is 30.3 Å². The van der Waals surface area contributed by atoms with Gasteiger partial charge < -0.3 is 19.8 Å². The van der Waals surface area contributed by atoms with E-state index >= 15 is 0 Å². The smallest absolute Gasteiger partial charge is 0.387 e. The van der Waals surface area contributed by atoms with Crippen LogP contribution in [-0.2, 0) is 13.1 Å². The minimum absolute atomic E-state index is 0.113. The van der Waals surface area contributed by atoms with Gasteiger partial charge in [-0.15, -0.1) is 0 Å². The molecule has 8 heteroatoms. The Morgan fingerprint density at radius 3 is 2.72 bits per heavy atom. The summed E-state index contributed by atoms with van der Waals surface area (Å²) in [5, 5.41) is 6.32. The van der Waals surface area contributed by atoms with E-state index in [0.717, 1.165) is 16.8 Å². The number of halogens is 2. The summed E-state index contributed by atoms with van der Waals surface area (Å²) in [5.74, 6) is 1.25. The van der Waals surface area contributed by atoms with Crippen LogP contribution in [0.2, 0.25) is 0 Å². The average Bonchev–Trinajstić information content (AvgIpc) is 3.20. The van der Waals surface area contributed by atoms with Gasteiger partial charge in [0.05, 0.1) is 18.8 Å². The van der Waals surface area contributed by atoms with Gasteiger partial charge in [0.25, 0.3) is 0 Å². The van der Waals surface area contributed by atoms with Crippen molar-refractivity contribution in [2.45, 2.75) is 26.6 Å². The number of nitrogens with one attached hydrogen (secondary N) is 2. The first-order valence-electron chi connectivity index (χ1n) is 9.20. The van der Waals surface area contributed by atoms with Gasteiger partial charge in [-0.2, -0.15) is 8.78 Å². The second kappa shape index (κ2) is 10.2. The fourth-order valence-electron chi connectivity index (χ4n) is 2.61. The molecule has 2 N–H and O–H groups in total. The summed E-state index contributed by atoms with van der Waals surface area (Å²) in [4.78, 5) is 8.95. The third-order valence-electron chi connectivity index (χ3n) is 3.90. The summed E-state index contributed by atoms with van der Waals surface area (Å²) in [6.07, 6.45) is 1.60. The van der Waals surface area contributed by atoms with Crippen molar-refractivity contribution in [1.29, 1.82) is 0 Å². The molecule has 0 atom stereocenters. The molecule has 1 aromatic heterocycles. The molecule has 0 bridgehead atoms. The maximum absolute atomic E-state index is 12.4. The lowest BCUT2D eigenvalue weighted by Gasteiger charge is -2.10. The molecule has 0 radical (unpaired) electrons. The topological polar surface area (TPSA) is 71.7 Å². The molecular formula is C21H22F2N4O2. The van der Waals surface area contributed by atoms with Gasteiger partial charge in [0.1, 0.15) is 12.0 Å². The van der Waals surface area contributed by atoms with Crippen LogP contribution in [0.5, 0.6) is 5.75 Å². The first kappa shape index (κ1) is 20.3. The maximum Gasteiger partial charge on any atom is 0.387 e. The molecule has 152 valence electrons. The maximum atomic E-state index is 12.4. The van der Waals surface area contributed by atoms with Crippen molar-refractivity contribution in [2.24, 2.45) is 4.99 Å². The van der Waals surface area contributed by atoms with Crippen LogP contribution in [0.15, 0.2) is 70.3 Å². The minimum atomic E-state index is -2.85.